The number of carboxylic acids is 1. The monoisotopic (exact) mass is 351 g/mol. The number of nitrogens with one attached hydrogen (secondary N) is 1. The number of benzene rings is 1. The fourth-order valence-electron chi connectivity index (χ4n) is 2.52. The number of hydrogen-bond acceptors (Lipinski definition) is 3. The highest BCUT2D eigenvalue weighted by Crippen LogP contribution is 2.27. The lowest BCUT2D eigenvalue weighted by Gasteiger charge is -2.29. The van der Waals surface area contributed by atoms with Gasteiger partial charge >= 0.3 is 5.97 Å². The van der Waals surface area contributed by atoms with Gasteiger partial charge in [-0.1, -0.05) is 36.0 Å². The molecule has 2 unspecified atom stereocenters. The number of carboxylic acid groups (broad SMARTS) is 1. The molecule has 0 saturated heterocycles. The Bertz CT molecular complexity index is 627. The first kappa shape index (κ1) is 16.5. The topological polar surface area (TPSA) is 83.5 Å². The van der Waals surface area contributed by atoms with Crippen LogP contribution in [0.5, 0.6) is 0 Å². The van der Waals surface area contributed by atoms with Gasteiger partial charge in [-0.25, -0.2) is 13.1 Å². The van der Waals surface area contributed by atoms with Crippen LogP contribution in [0, 0.1) is 5.92 Å². The molecule has 0 aromatic heterocycles. The minimum Gasteiger partial charge on any atom is -0.481 e. The quantitative estimate of drug-likeness (QED) is 0.873. The van der Waals surface area contributed by atoms with Gasteiger partial charge in [0, 0.05) is 16.1 Å². The van der Waals surface area contributed by atoms with E-state index in [1.165, 1.54) is 18.2 Å². The van der Waals surface area contributed by atoms with Crippen LogP contribution in [-0.2, 0) is 14.8 Å². The molecule has 116 valence electrons. The predicted octanol–water partition coefficient (Wildman–Crippen LogP) is 2.92. The second kappa shape index (κ2) is 6.52. The Morgan fingerprint density at radius 1 is 1.14 bits per heavy atom. The third kappa shape index (κ3) is 4.10. The van der Waals surface area contributed by atoms with Gasteiger partial charge in [0.1, 0.15) is 0 Å². The molecule has 0 spiro atoms. The number of sulfonamides is 1. The molecule has 1 aliphatic carbocycles. The molecule has 2 rings (SSSR count). The Labute approximate surface area is 133 Å². The number of aliphatic carboxylic acids is 1. The van der Waals surface area contributed by atoms with Gasteiger partial charge in [0.05, 0.1) is 10.8 Å². The fraction of sp³-hybridized carbons (Fsp3) is 0.462. The maximum absolute atomic E-state index is 12.4. The van der Waals surface area contributed by atoms with Crippen LogP contribution in [-0.4, -0.2) is 25.5 Å². The molecule has 8 heteroatoms. The van der Waals surface area contributed by atoms with Crippen LogP contribution in [0.15, 0.2) is 23.1 Å². The summed E-state index contributed by atoms with van der Waals surface area (Å²) in [4.78, 5) is 11.2. The Balaban J connectivity index is 2.25. The molecule has 21 heavy (non-hydrogen) atoms. The predicted molar refractivity (Wildman–Crippen MR) is 80.2 cm³/mol. The number of hydrogen-bond donors (Lipinski definition) is 2. The Hall–Kier alpha value is -0.820. The summed E-state index contributed by atoms with van der Waals surface area (Å²) in [5.41, 5.74) is 0. The zero-order chi connectivity index (χ0) is 15.6. The van der Waals surface area contributed by atoms with Crippen LogP contribution in [0.2, 0.25) is 10.0 Å². The molecule has 1 aromatic carbocycles. The molecular formula is C13H15Cl2NO4S. The van der Waals surface area contributed by atoms with Gasteiger partial charge in [-0.15, -0.1) is 0 Å². The highest BCUT2D eigenvalue weighted by molar-refractivity contribution is 7.89. The maximum atomic E-state index is 12.4. The average molecular weight is 352 g/mol. The molecule has 1 saturated carbocycles. The van der Waals surface area contributed by atoms with Gasteiger partial charge in [0.25, 0.3) is 0 Å². The van der Waals surface area contributed by atoms with Gasteiger partial charge in [0.15, 0.2) is 0 Å². The lowest BCUT2D eigenvalue weighted by atomic mass is 9.85. The molecule has 0 heterocycles. The normalized spacial score (nSPS) is 23.0. The highest BCUT2D eigenvalue weighted by atomic mass is 35.5. The summed E-state index contributed by atoms with van der Waals surface area (Å²) < 4.78 is 27.2. The smallest absolute Gasteiger partial charge is 0.308 e. The molecular weight excluding hydrogens is 337 g/mol. The van der Waals surface area contributed by atoms with Crippen molar-refractivity contribution in [2.24, 2.45) is 5.92 Å². The van der Waals surface area contributed by atoms with E-state index in [1.807, 2.05) is 0 Å². The summed E-state index contributed by atoms with van der Waals surface area (Å²) >= 11 is 11.6. The molecule has 5 nitrogen and oxygen atoms in total. The molecule has 1 aromatic rings. The van der Waals surface area contributed by atoms with E-state index in [4.69, 9.17) is 23.2 Å². The first-order valence-corrected chi connectivity index (χ1v) is 8.75. The van der Waals surface area contributed by atoms with E-state index >= 15 is 0 Å². The largest absolute Gasteiger partial charge is 0.481 e. The number of rotatable bonds is 4. The van der Waals surface area contributed by atoms with E-state index < -0.39 is 28.0 Å². The van der Waals surface area contributed by atoms with E-state index in [0.717, 1.165) is 12.8 Å². The van der Waals surface area contributed by atoms with E-state index in [0.29, 0.717) is 12.8 Å². The second-order valence-electron chi connectivity index (χ2n) is 5.06. The molecule has 0 aliphatic heterocycles. The lowest BCUT2D eigenvalue weighted by molar-refractivity contribution is -0.143. The Morgan fingerprint density at radius 2 is 1.71 bits per heavy atom. The summed E-state index contributed by atoms with van der Waals surface area (Å²) in [6, 6.07) is 3.39. The fourth-order valence-corrected chi connectivity index (χ4v) is 4.55. The molecule has 1 fully saturated rings. The van der Waals surface area contributed by atoms with Crippen LogP contribution >= 0.6 is 23.2 Å². The Kier molecular flexibility index (Phi) is 5.14. The lowest BCUT2D eigenvalue weighted by Crippen LogP contribution is -2.45. The minimum atomic E-state index is -3.85. The number of halogens is 2. The van der Waals surface area contributed by atoms with E-state index in [-0.39, 0.29) is 14.9 Å². The van der Waals surface area contributed by atoms with Crippen LogP contribution in [0.1, 0.15) is 25.7 Å². The van der Waals surface area contributed by atoms with Crippen molar-refractivity contribution in [3.8, 4) is 0 Å². The molecule has 0 bridgehead atoms. The van der Waals surface area contributed by atoms with Crippen molar-refractivity contribution in [3.05, 3.63) is 28.2 Å². The van der Waals surface area contributed by atoms with Gasteiger partial charge in [0.2, 0.25) is 10.0 Å². The van der Waals surface area contributed by atoms with Crippen LogP contribution in [0.4, 0.5) is 0 Å². The summed E-state index contributed by atoms with van der Waals surface area (Å²) in [6.07, 6.45) is 2.56. The first-order chi connectivity index (χ1) is 9.79. The van der Waals surface area contributed by atoms with Crippen molar-refractivity contribution in [2.75, 3.05) is 0 Å². The average Bonchev–Trinajstić information content (AvgIpc) is 2.37. The molecule has 0 amide bonds. The van der Waals surface area contributed by atoms with Gasteiger partial charge in [-0.2, -0.15) is 0 Å². The van der Waals surface area contributed by atoms with E-state index in [1.54, 1.807) is 0 Å². The van der Waals surface area contributed by atoms with Crippen LogP contribution in [0.3, 0.4) is 0 Å². The van der Waals surface area contributed by atoms with Crippen molar-refractivity contribution >= 4 is 39.2 Å². The maximum Gasteiger partial charge on any atom is 0.308 e. The van der Waals surface area contributed by atoms with Crippen LogP contribution in [0.25, 0.3) is 0 Å². The summed E-state index contributed by atoms with van der Waals surface area (Å²) in [5.74, 6) is -1.69. The zero-order valence-corrected chi connectivity index (χ0v) is 13.4. The van der Waals surface area contributed by atoms with Crippen molar-refractivity contribution in [3.63, 3.8) is 0 Å². The third-order valence-electron chi connectivity index (χ3n) is 3.54. The first-order valence-electron chi connectivity index (χ1n) is 6.51. The minimum absolute atomic E-state index is 0.0605. The van der Waals surface area contributed by atoms with E-state index in [9.17, 15) is 18.3 Å². The van der Waals surface area contributed by atoms with Crippen molar-refractivity contribution in [1.29, 1.82) is 0 Å². The molecule has 2 N–H and O–H groups in total. The van der Waals surface area contributed by atoms with Gasteiger partial charge < -0.3 is 5.11 Å². The van der Waals surface area contributed by atoms with Crippen molar-refractivity contribution in [1.82, 2.24) is 4.72 Å². The van der Waals surface area contributed by atoms with Crippen molar-refractivity contribution < 1.29 is 18.3 Å². The molecule has 1 aliphatic rings. The third-order valence-corrected chi connectivity index (χ3v) is 5.44. The van der Waals surface area contributed by atoms with Gasteiger partial charge in [-0.3, -0.25) is 4.79 Å². The van der Waals surface area contributed by atoms with E-state index in [2.05, 4.69) is 4.72 Å². The molecule has 0 radical (unpaired) electrons. The van der Waals surface area contributed by atoms with Crippen molar-refractivity contribution in [2.45, 2.75) is 36.6 Å². The Morgan fingerprint density at radius 3 is 2.29 bits per heavy atom. The van der Waals surface area contributed by atoms with Crippen LogP contribution < -0.4 is 4.72 Å². The summed E-state index contributed by atoms with van der Waals surface area (Å²) in [6.45, 7) is 0. The number of carbonyl (C=O) groups is 1. The molecule has 2 atom stereocenters. The summed E-state index contributed by atoms with van der Waals surface area (Å²) in [7, 11) is -3.85. The highest BCUT2D eigenvalue weighted by Gasteiger charge is 2.34. The zero-order valence-electron chi connectivity index (χ0n) is 11.1. The SMILES string of the molecule is O=C(O)C1CCCCC1NS(=O)(=O)c1cc(Cl)cc(Cl)c1. The second-order valence-corrected chi connectivity index (χ2v) is 7.65. The summed E-state index contributed by atoms with van der Waals surface area (Å²) in [5, 5.41) is 9.61. The standard InChI is InChI=1S/C13H15Cl2NO4S/c14-8-5-9(15)7-10(6-8)21(19,20)16-12-4-2-1-3-11(12)13(17)18/h5-7,11-12,16H,1-4H2,(H,17,18). The van der Waals surface area contributed by atoms with Gasteiger partial charge in [-0.05, 0) is 31.0 Å².